The lowest BCUT2D eigenvalue weighted by Crippen LogP contribution is -2.51. The second-order valence-corrected chi connectivity index (χ2v) is 14.6. The summed E-state index contributed by atoms with van der Waals surface area (Å²) in [5.74, 6) is -3.40. The first-order valence-corrected chi connectivity index (χ1v) is 15.9. The largest absolute Gasteiger partial charge is 0.467 e. The SMILES string of the molecule is CC[Si](CC)(CC)OC(CC/C(C)=C/[C@H](C)Cc1ccccc1)CC[C@](O)(C(=O)OC)C(=O)C(=O)OC. The summed E-state index contributed by atoms with van der Waals surface area (Å²) >= 11 is 0. The van der Waals surface area contributed by atoms with Gasteiger partial charge in [0, 0.05) is 6.10 Å². The number of methoxy groups -OCH3 is 2. The van der Waals surface area contributed by atoms with Gasteiger partial charge in [-0.15, -0.1) is 0 Å². The van der Waals surface area contributed by atoms with Crippen molar-refractivity contribution in [1.82, 2.24) is 0 Å². The number of hydrogen-bond acceptors (Lipinski definition) is 7. The number of esters is 2. The van der Waals surface area contributed by atoms with Gasteiger partial charge in [0.1, 0.15) is 0 Å². The van der Waals surface area contributed by atoms with E-state index < -0.39 is 31.6 Å². The molecule has 8 heteroatoms. The Morgan fingerprint density at radius 3 is 2.11 bits per heavy atom. The summed E-state index contributed by atoms with van der Waals surface area (Å²) in [7, 11) is 0.0814. The molecule has 0 saturated carbocycles. The minimum atomic E-state index is -2.60. The third-order valence-electron chi connectivity index (χ3n) is 7.28. The third-order valence-corrected chi connectivity index (χ3v) is 12.0. The summed E-state index contributed by atoms with van der Waals surface area (Å²) in [6.45, 7) is 10.7. The average molecular weight is 535 g/mol. The fraction of sp³-hybridized carbons (Fsp3) is 0.621. The molecule has 1 aromatic rings. The predicted molar refractivity (Wildman–Crippen MR) is 148 cm³/mol. The highest BCUT2D eigenvalue weighted by atomic mass is 28.4. The minimum Gasteiger partial charge on any atom is -0.467 e. The highest BCUT2D eigenvalue weighted by molar-refractivity contribution is 6.73. The zero-order valence-corrected chi connectivity index (χ0v) is 24.7. The Kier molecular flexibility index (Phi) is 14.0. The Morgan fingerprint density at radius 1 is 1.00 bits per heavy atom. The lowest BCUT2D eigenvalue weighted by Gasteiger charge is -2.34. The van der Waals surface area contributed by atoms with Crippen molar-refractivity contribution in [2.75, 3.05) is 14.2 Å². The Morgan fingerprint density at radius 2 is 1.59 bits per heavy atom. The van der Waals surface area contributed by atoms with E-state index in [0.717, 1.165) is 45.2 Å². The van der Waals surface area contributed by atoms with Crippen molar-refractivity contribution >= 4 is 26.0 Å². The van der Waals surface area contributed by atoms with E-state index in [4.69, 9.17) is 4.43 Å². The molecular weight excluding hydrogens is 488 g/mol. The molecule has 0 heterocycles. The molecule has 3 atom stereocenters. The van der Waals surface area contributed by atoms with Gasteiger partial charge in [0.25, 0.3) is 5.78 Å². The molecule has 1 N–H and O–H groups in total. The van der Waals surface area contributed by atoms with Crippen molar-refractivity contribution in [3.05, 3.63) is 47.5 Å². The van der Waals surface area contributed by atoms with Crippen LogP contribution in [0.4, 0.5) is 0 Å². The number of rotatable bonds is 17. The number of ether oxygens (including phenoxy) is 2. The van der Waals surface area contributed by atoms with Crippen LogP contribution in [0.25, 0.3) is 0 Å². The van der Waals surface area contributed by atoms with Crippen LogP contribution >= 0.6 is 0 Å². The molecule has 0 fully saturated rings. The Bertz CT molecular complexity index is 887. The van der Waals surface area contributed by atoms with Crippen molar-refractivity contribution in [3.63, 3.8) is 0 Å². The molecule has 0 aliphatic heterocycles. The van der Waals surface area contributed by atoms with Gasteiger partial charge >= 0.3 is 11.9 Å². The summed E-state index contributed by atoms with van der Waals surface area (Å²) in [5, 5.41) is 10.9. The summed E-state index contributed by atoms with van der Waals surface area (Å²) < 4.78 is 15.9. The van der Waals surface area contributed by atoms with Crippen LogP contribution in [0.15, 0.2) is 42.0 Å². The van der Waals surface area contributed by atoms with E-state index in [9.17, 15) is 19.5 Å². The first-order valence-electron chi connectivity index (χ1n) is 13.3. The van der Waals surface area contributed by atoms with Crippen molar-refractivity contribution in [1.29, 1.82) is 0 Å². The molecular formula is C29H46O7Si. The maximum atomic E-state index is 12.5. The maximum absolute atomic E-state index is 12.5. The van der Waals surface area contributed by atoms with Crippen molar-refractivity contribution in [2.45, 2.75) is 96.6 Å². The van der Waals surface area contributed by atoms with E-state index in [-0.39, 0.29) is 18.9 Å². The molecule has 1 rings (SSSR count). The minimum absolute atomic E-state index is 0.232. The molecule has 0 aliphatic carbocycles. The van der Waals surface area contributed by atoms with E-state index in [2.05, 4.69) is 62.3 Å². The second-order valence-electron chi connectivity index (χ2n) is 9.91. The fourth-order valence-corrected chi connectivity index (χ4v) is 7.67. The van der Waals surface area contributed by atoms with Crippen LogP contribution in [-0.2, 0) is 34.7 Å². The zero-order chi connectivity index (χ0) is 28.1. The van der Waals surface area contributed by atoms with Crippen molar-refractivity contribution < 1.29 is 33.4 Å². The molecule has 208 valence electrons. The number of aliphatic hydroxyl groups is 1. The van der Waals surface area contributed by atoms with Crippen LogP contribution in [0.2, 0.25) is 18.1 Å². The molecule has 0 radical (unpaired) electrons. The molecule has 1 aromatic carbocycles. The number of allylic oxidation sites excluding steroid dienone is 2. The summed E-state index contributed by atoms with van der Waals surface area (Å²) in [6, 6.07) is 13.2. The van der Waals surface area contributed by atoms with Crippen LogP contribution < -0.4 is 0 Å². The quantitative estimate of drug-likeness (QED) is 0.0938. The van der Waals surface area contributed by atoms with Crippen LogP contribution in [0, 0.1) is 5.92 Å². The van der Waals surface area contributed by atoms with Crippen LogP contribution in [0.5, 0.6) is 0 Å². The number of ketones is 1. The van der Waals surface area contributed by atoms with Crippen molar-refractivity contribution in [2.24, 2.45) is 5.92 Å². The van der Waals surface area contributed by atoms with Gasteiger partial charge in [-0.3, -0.25) is 4.79 Å². The topological polar surface area (TPSA) is 99.1 Å². The van der Waals surface area contributed by atoms with Gasteiger partial charge in [0.05, 0.1) is 14.2 Å². The smallest absolute Gasteiger partial charge is 0.378 e. The maximum Gasteiger partial charge on any atom is 0.378 e. The number of Topliss-reactive ketones (excluding diaryl/α,β-unsaturated/α-hetero) is 1. The lowest BCUT2D eigenvalue weighted by molar-refractivity contribution is -0.176. The van der Waals surface area contributed by atoms with Gasteiger partial charge < -0.3 is 19.0 Å². The Hall–Kier alpha value is -2.29. The van der Waals surface area contributed by atoms with E-state index in [0.29, 0.717) is 12.3 Å². The highest BCUT2D eigenvalue weighted by Gasteiger charge is 2.49. The molecule has 0 aromatic heterocycles. The van der Waals surface area contributed by atoms with Gasteiger partial charge in [-0.05, 0) is 68.6 Å². The standard InChI is InChI=1S/C29H46O7Si/c1-8-37(9-2,10-3)36-25(18-19-29(33,28(32)35-7)26(30)27(31)34-6)17-16-22(4)20-23(5)21-24-14-12-11-13-15-24/h11-15,20,23,25,33H,8-10,16-19,21H2,1-7H3/b22-20+/t23-,25?,29+/m0/s1. The summed E-state index contributed by atoms with van der Waals surface area (Å²) in [6.07, 6.45) is 4.37. The van der Waals surface area contributed by atoms with Gasteiger partial charge in [0.15, 0.2) is 8.32 Å². The lowest BCUT2D eigenvalue weighted by atomic mass is 9.89. The first-order chi connectivity index (χ1) is 17.5. The highest BCUT2D eigenvalue weighted by Crippen LogP contribution is 2.29. The number of hydrogen-bond donors (Lipinski definition) is 1. The monoisotopic (exact) mass is 534 g/mol. The molecule has 0 spiro atoms. The summed E-state index contributed by atoms with van der Waals surface area (Å²) in [4.78, 5) is 36.8. The van der Waals surface area contributed by atoms with Gasteiger partial charge in [0.2, 0.25) is 5.60 Å². The van der Waals surface area contributed by atoms with E-state index in [1.807, 2.05) is 18.2 Å². The van der Waals surface area contributed by atoms with E-state index in [1.54, 1.807) is 0 Å². The normalized spacial score (nSPS) is 15.4. The summed E-state index contributed by atoms with van der Waals surface area (Å²) in [5.41, 5.74) is -0.0715. The molecule has 37 heavy (non-hydrogen) atoms. The van der Waals surface area contributed by atoms with Crippen LogP contribution in [0.3, 0.4) is 0 Å². The van der Waals surface area contributed by atoms with Gasteiger partial charge in [-0.1, -0.05) is 69.7 Å². The van der Waals surface area contributed by atoms with E-state index in [1.165, 1.54) is 11.1 Å². The van der Waals surface area contributed by atoms with Crippen molar-refractivity contribution in [3.8, 4) is 0 Å². The van der Waals surface area contributed by atoms with E-state index >= 15 is 0 Å². The third kappa shape index (κ3) is 9.83. The number of carbonyl (C=O) groups excluding carboxylic acids is 3. The van der Waals surface area contributed by atoms with Gasteiger partial charge in [-0.25, -0.2) is 9.59 Å². The first kappa shape index (κ1) is 32.7. The number of carbonyl (C=O) groups is 3. The molecule has 0 saturated heterocycles. The van der Waals surface area contributed by atoms with Gasteiger partial charge in [-0.2, -0.15) is 0 Å². The number of benzene rings is 1. The van der Waals surface area contributed by atoms with Crippen LogP contribution in [-0.4, -0.2) is 57.1 Å². The van der Waals surface area contributed by atoms with Crippen LogP contribution in [0.1, 0.15) is 65.9 Å². The molecule has 0 bridgehead atoms. The molecule has 7 nitrogen and oxygen atoms in total. The predicted octanol–water partition coefficient (Wildman–Crippen LogP) is 5.41. The fourth-order valence-electron chi connectivity index (χ4n) is 4.73. The molecule has 0 aliphatic rings. The second kappa shape index (κ2) is 15.8. The Labute approximate surface area is 223 Å². The molecule has 1 unspecified atom stereocenters. The Balaban J connectivity index is 3.05. The zero-order valence-electron chi connectivity index (χ0n) is 23.7. The molecule has 0 amide bonds. The average Bonchev–Trinajstić information content (AvgIpc) is 2.91.